The van der Waals surface area contributed by atoms with Crippen molar-refractivity contribution in [3.63, 3.8) is 0 Å². The minimum atomic E-state index is -0.933. The summed E-state index contributed by atoms with van der Waals surface area (Å²) in [5.74, 6) is -2.44. The van der Waals surface area contributed by atoms with Gasteiger partial charge in [0.05, 0.1) is 13.1 Å². The number of nitrogens with one attached hydrogen (secondary N) is 2. The van der Waals surface area contributed by atoms with Crippen LogP contribution in [0.15, 0.2) is 42.5 Å². The predicted molar refractivity (Wildman–Crippen MR) is 100 cm³/mol. The second kappa shape index (κ2) is 9.23. The lowest BCUT2D eigenvalue weighted by molar-refractivity contribution is -0.132. The van der Waals surface area contributed by atoms with Crippen LogP contribution in [0.25, 0.3) is 0 Å². The van der Waals surface area contributed by atoms with Gasteiger partial charge in [-0.15, -0.1) is 0 Å². The van der Waals surface area contributed by atoms with Gasteiger partial charge in [-0.25, -0.2) is 8.78 Å². The molecule has 0 unspecified atom stereocenters. The van der Waals surface area contributed by atoms with E-state index >= 15 is 0 Å². The van der Waals surface area contributed by atoms with Crippen molar-refractivity contribution in [3.8, 4) is 0 Å². The number of anilines is 1. The summed E-state index contributed by atoms with van der Waals surface area (Å²) in [7, 11) is 1.53. The van der Waals surface area contributed by atoms with E-state index < -0.39 is 11.6 Å². The molecule has 0 fully saturated rings. The van der Waals surface area contributed by atoms with Gasteiger partial charge in [-0.3, -0.25) is 9.59 Å². The third kappa shape index (κ3) is 6.14. The first-order valence-corrected chi connectivity index (χ1v) is 8.55. The number of hydrogen-bond acceptors (Lipinski definition) is 3. The Morgan fingerprint density at radius 1 is 1.07 bits per heavy atom. The van der Waals surface area contributed by atoms with E-state index in [0.717, 1.165) is 17.7 Å². The first-order chi connectivity index (χ1) is 12.8. The molecule has 0 aliphatic heterocycles. The molecule has 0 heterocycles. The second-order valence-corrected chi connectivity index (χ2v) is 6.44. The highest BCUT2D eigenvalue weighted by Crippen LogP contribution is 2.15. The van der Waals surface area contributed by atoms with Crippen LogP contribution in [0, 0.1) is 18.6 Å². The first-order valence-electron chi connectivity index (χ1n) is 8.55. The lowest BCUT2D eigenvalue weighted by Crippen LogP contribution is -2.40. The number of nitrogens with zero attached hydrogens (tertiary/aromatic N) is 1. The molecule has 144 valence electrons. The molecule has 2 amide bonds. The van der Waals surface area contributed by atoms with E-state index in [9.17, 15) is 18.4 Å². The summed E-state index contributed by atoms with van der Waals surface area (Å²) < 4.78 is 26.3. The number of halogens is 2. The zero-order valence-electron chi connectivity index (χ0n) is 15.6. The van der Waals surface area contributed by atoms with E-state index in [1.54, 1.807) is 19.1 Å². The fraction of sp³-hybridized carbons (Fsp3) is 0.300. The standard InChI is InChI=1S/C20H23F2N3O2/c1-13-4-7-16(8-5-13)24-19(26)12-25(3)20(27)11-23-14(2)15-6-9-17(21)18(22)10-15/h4-10,14,23H,11-12H2,1-3H3,(H,24,26)/t14-/m0/s1. The predicted octanol–water partition coefficient (Wildman–Crippen LogP) is 3.02. The van der Waals surface area contributed by atoms with E-state index in [0.29, 0.717) is 11.3 Å². The molecule has 0 spiro atoms. The molecular weight excluding hydrogens is 352 g/mol. The Balaban J connectivity index is 1.81. The number of benzene rings is 2. The summed E-state index contributed by atoms with van der Waals surface area (Å²) in [5, 5.41) is 5.67. The molecule has 0 bridgehead atoms. The average Bonchev–Trinajstić information content (AvgIpc) is 2.63. The van der Waals surface area contributed by atoms with Gasteiger partial charge in [0.25, 0.3) is 0 Å². The zero-order valence-corrected chi connectivity index (χ0v) is 15.6. The van der Waals surface area contributed by atoms with Gasteiger partial charge >= 0.3 is 0 Å². The Labute approximate surface area is 157 Å². The fourth-order valence-corrected chi connectivity index (χ4v) is 2.42. The van der Waals surface area contributed by atoms with Crippen molar-refractivity contribution in [1.82, 2.24) is 10.2 Å². The zero-order chi connectivity index (χ0) is 20.0. The van der Waals surface area contributed by atoms with Gasteiger partial charge in [-0.2, -0.15) is 0 Å². The van der Waals surface area contributed by atoms with E-state index in [1.165, 1.54) is 18.0 Å². The quantitative estimate of drug-likeness (QED) is 0.782. The first kappa shape index (κ1) is 20.5. The van der Waals surface area contributed by atoms with Gasteiger partial charge in [0.15, 0.2) is 11.6 Å². The Hall–Kier alpha value is -2.80. The van der Waals surface area contributed by atoms with Crippen molar-refractivity contribution in [2.75, 3.05) is 25.5 Å². The van der Waals surface area contributed by atoms with Crippen LogP contribution in [-0.4, -0.2) is 36.9 Å². The molecule has 0 aliphatic carbocycles. The number of amides is 2. The third-order valence-electron chi connectivity index (χ3n) is 4.14. The molecule has 27 heavy (non-hydrogen) atoms. The maximum atomic E-state index is 13.3. The van der Waals surface area contributed by atoms with Gasteiger partial charge in [-0.05, 0) is 43.7 Å². The highest BCUT2D eigenvalue weighted by Gasteiger charge is 2.15. The third-order valence-corrected chi connectivity index (χ3v) is 4.14. The molecule has 0 saturated carbocycles. The fourth-order valence-electron chi connectivity index (χ4n) is 2.42. The summed E-state index contributed by atoms with van der Waals surface area (Å²) in [4.78, 5) is 25.5. The second-order valence-electron chi connectivity index (χ2n) is 6.44. The van der Waals surface area contributed by atoms with Crippen LogP contribution in [0.2, 0.25) is 0 Å². The topological polar surface area (TPSA) is 61.4 Å². The molecule has 2 N–H and O–H groups in total. The van der Waals surface area contributed by atoms with E-state index in [-0.39, 0.29) is 30.9 Å². The monoisotopic (exact) mass is 375 g/mol. The molecule has 0 saturated heterocycles. The smallest absolute Gasteiger partial charge is 0.243 e. The number of carbonyl (C=O) groups is 2. The summed E-state index contributed by atoms with van der Waals surface area (Å²) in [6.45, 7) is 3.57. The van der Waals surface area contributed by atoms with Crippen LogP contribution in [0.3, 0.4) is 0 Å². The van der Waals surface area contributed by atoms with Crippen molar-refractivity contribution in [2.45, 2.75) is 19.9 Å². The van der Waals surface area contributed by atoms with Gasteiger partial charge in [-0.1, -0.05) is 23.8 Å². The van der Waals surface area contributed by atoms with Crippen LogP contribution in [-0.2, 0) is 9.59 Å². The van der Waals surface area contributed by atoms with Gasteiger partial charge in [0, 0.05) is 18.8 Å². The highest BCUT2D eigenvalue weighted by atomic mass is 19.2. The molecule has 0 aliphatic rings. The van der Waals surface area contributed by atoms with Crippen LogP contribution < -0.4 is 10.6 Å². The average molecular weight is 375 g/mol. The lowest BCUT2D eigenvalue weighted by atomic mass is 10.1. The minimum Gasteiger partial charge on any atom is -0.335 e. The summed E-state index contributed by atoms with van der Waals surface area (Å²) >= 11 is 0. The summed E-state index contributed by atoms with van der Waals surface area (Å²) in [6.07, 6.45) is 0. The van der Waals surface area contributed by atoms with Crippen LogP contribution >= 0.6 is 0 Å². The van der Waals surface area contributed by atoms with Crippen molar-refractivity contribution < 1.29 is 18.4 Å². The lowest BCUT2D eigenvalue weighted by Gasteiger charge is -2.19. The number of aryl methyl sites for hydroxylation is 1. The molecule has 0 aromatic heterocycles. The molecule has 2 rings (SSSR count). The van der Waals surface area contributed by atoms with E-state index in [4.69, 9.17) is 0 Å². The normalized spacial score (nSPS) is 11.7. The minimum absolute atomic E-state index is 0.0333. The molecule has 2 aromatic rings. The van der Waals surface area contributed by atoms with E-state index in [2.05, 4.69) is 10.6 Å². The van der Waals surface area contributed by atoms with Crippen LogP contribution in [0.4, 0.5) is 14.5 Å². The van der Waals surface area contributed by atoms with E-state index in [1.807, 2.05) is 19.1 Å². The molecule has 0 radical (unpaired) electrons. The van der Waals surface area contributed by atoms with Gasteiger partial charge in [0.2, 0.25) is 11.8 Å². The van der Waals surface area contributed by atoms with Gasteiger partial charge < -0.3 is 15.5 Å². The highest BCUT2D eigenvalue weighted by molar-refractivity contribution is 5.94. The van der Waals surface area contributed by atoms with Crippen molar-refractivity contribution in [3.05, 3.63) is 65.2 Å². The maximum absolute atomic E-state index is 13.3. The Bertz CT molecular complexity index is 809. The SMILES string of the molecule is Cc1ccc(NC(=O)CN(C)C(=O)CN[C@@H](C)c2ccc(F)c(F)c2)cc1. The van der Waals surface area contributed by atoms with Crippen molar-refractivity contribution in [2.24, 2.45) is 0 Å². The Morgan fingerprint density at radius 2 is 1.74 bits per heavy atom. The molecule has 2 aromatic carbocycles. The number of hydrogen-bond donors (Lipinski definition) is 2. The Kier molecular flexibility index (Phi) is 7.01. The summed E-state index contributed by atoms with van der Waals surface area (Å²) in [6, 6.07) is 10.6. The van der Waals surface area contributed by atoms with Gasteiger partial charge in [0.1, 0.15) is 0 Å². The molecular formula is C20H23F2N3O2. The molecule has 5 nitrogen and oxygen atoms in total. The van der Waals surface area contributed by atoms with Crippen molar-refractivity contribution in [1.29, 1.82) is 0 Å². The van der Waals surface area contributed by atoms with Crippen LogP contribution in [0.1, 0.15) is 24.1 Å². The van der Waals surface area contributed by atoms with Crippen molar-refractivity contribution >= 4 is 17.5 Å². The van der Waals surface area contributed by atoms with Crippen LogP contribution in [0.5, 0.6) is 0 Å². The molecule has 7 heteroatoms. The number of likely N-dealkylation sites (N-methyl/N-ethyl adjacent to an activating group) is 1. The largest absolute Gasteiger partial charge is 0.335 e. The maximum Gasteiger partial charge on any atom is 0.243 e. The summed E-state index contributed by atoms with van der Waals surface area (Å²) in [5.41, 5.74) is 2.28. The molecule has 1 atom stereocenters. The Morgan fingerprint density at radius 3 is 2.37 bits per heavy atom. The number of rotatable bonds is 7. The number of carbonyl (C=O) groups excluding carboxylic acids is 2.